The molecule has 0 spiro atoms. The number of rotatable bonds is 4. The first kappa shape index (κ1) is 11.2. The van der Waals surface area contributed by atoms with Crippen LogP contribution in [-0.4, -0.2) is 16.9 Å². The summed E-state index contributed by atoms with van der Waals surface area (Å²) < 4.78 is 5.28. The van der Waals surface area contributed by atoms with Gasteiger partial charge in [-0.05, 0) is 25.2 Å². The van der Waals surface area contributed by atoms with Crippen LogP contribution in [0.15, 0.2) is 41.1 Å². The summed E-state index contributed by atoms with van der Waals surface area (Å²) in [4.78, 5) is 6.17. The molecule has 84 valence electrons. The molecule has 4 heteroatoms. The Kier molecular flexibility index (Phi) is 3.59. The van der Waals surface area contributed by atoms with Crippen molar-refractivity contribution in [1.29, 1.82) is 0 Å². The van der Waals surface area contributed by atoms with Crippen LogP contribution in [0.5, 0.6) is 0 Å². The predicted octanol–water partition coefficient (Wildman–Crippen LogP) is 2.96. The molecule has 3 nitrogen and oxygen atoms in total. The van der Waals surface area contributed by atoms with Crippen molar-refractivity contribution in [1.82, 2.24) is 9.88 Å². The second-order valence-corrected chi connectivity index (χ2v) is 4.06. The third-order valence-corrected chi connectivity index (χ3v) is 2.62. The van der Waals surface area contributed by atoms with Gasteiger partial charge in [0.05, 0.1) is 12.8 Å². The molecule has 0 saturated carbocycles. The highest BCUT2D eigenvalue weighted by Gasteiger charge is 2.06. The Morgan fingerprint density at radius 1 is 1.31 bits per heavy atom. The maximum Gasteiger partial charge on any atom is 0.133 e. The minimum atomic E-state index is 0.564. The van der Waals surface area contributed by atoms with E-state index in [-0.39, 0.29) is 0 Å². The summed E-state index contributed by atoms with van der Waals surface area (Å²) >= 11 is 5.99. The number of aromatic nitrogens is 1. The fourth-order valence-corrected chi connectivity index (χ4v) is 1.73. The molecule has 0 bridgehead atoms. The zero-order chi connectivity index (χ0) is 11.4. The first-order valence-corrected chi connectivity index (χ1v) is 5.44. The molecule has 2 aromatic rings. The summed E-state index contributed by atoms with van der Waals surface area (Å²) in [7, 11) is 2.02. The summed E-state index contributed by atoms with van der Waals surface area (Å²) in [5, 5.41) is 0.564. The molecule has 16 heavy (non-hydrogen) atoms. The number of furan rings is 1. The van der Waals surface area contributed by atoms with Gasteiger partial charge < -0.3 is 4.42 Å². The Balaban J connectivity index is 1.97. The Hall–Kier alpha value is -1.32. The van der Waals surface area contributed by atoms with Crippen LogP contribution in [0.1, 0.15) is 11.3 Å². The largest absolute Gasteiger partial charge is 0.468 e. The lowest BCUT2D eigenvalue weighted by atomic mass is 10.2. The second kappa shape index (κ2) is 5.14. The number of hydrogen-bond donors (Lipinski definition) is 0. The first-order chi connectivity index (χ1) is 7.75. The summed E-state index contributed by atoms with van der Waals surface area (Å²) in [5.41, 5.74) is 1.03. The van der Waals surface area contributed by atoms with Gasteiger partial charge in [0.2, 0.25) is 0 Å². The van der Waals surface area contributed by atoms with Gasteiger partial charge in [0.1, 0.15) is 10.9 Å². The van der Waals surface area contributed by atoms with Crippen molar-refractivity contribution in [3.8, 4) is 0 Å². The smallest absolute Gasteiger partial charge is 0.133 e. The highest BCUT2D eigenvalue weighted by molar-refractivity contribution is 6.30. The van der Waals surface area contributed by atoms with Crippen LogP contribution in [-0.2, 0) is 13.1 Å². The third-order valence-electron chi connectivity index (χ3n) is 2.28. The molecule has 0 aliphatic carbocycles. The molecule has 2 rings (SSSR count). The van der Waals surface area contributed by atoms with Crippen LogP contribution < -0.4 is 0 Å². The van der Waals surface area contributed by atoms with Crippen LogP contribution in [0.4, 0.5) is 0 Å². The van der Waals surface area contributed by atoms with Gasteiger partial charge in [-0.2, -0.15) is 0 Å². The summed E-state index contributed by atoms with van der Waals surface area (Å²) in [5.74, 6) is 0.947. The van der Waals surface area contributed by atoms with Gasteiger partial charge in [0, 0.05) is 18.3 Å². The van der Waals surface area contributed by atoms with Gasteiger partial charge in [-0.15, -0.1) is 0 Å². The summed E-state index contributed by atoms with van der Waals surface area (Å²) in [6.45, 7) is 1.52. The Morgan fingerprint density at radius 3 is 2.88 bits per heavy atom. The van der Waals surface area contributed by atoms with E-state index in [1.54, 1.807) is 12.5 Å². The van der Waals surface area contributed by atoms with E-state index in [4.69, 9.17) is 16.0 Å². The number of hydrogen-bond acceptors (Lipinski definition) is 3. The summed E-state index contributed by atoms with van der Waals surface area (Å²) in [6.07, 6.45) is 3.37. The molecule has 0 fully saturated rings. The fourth-order valence-electron chi connectivity index (χ4n) is 1.55. The van der Waals surface area contributed by atoms with Gasteiger partial charge in [0.25, 0.3) is 0 Å². The Morgan fingerprint density at radius 2 is 2.19 bits per heavy atom. The van der Waals surface area contributed by atoms with E-state index < -0.39 is 0 Å². The monoisotopic (exact) mass is 236 g/mol. The van der Waals surface area contributed by atoms with Gasteiger partial charge in [-0.3, -0.25) is 4.90 Å². The number of nitrogens with zero attached hydrogens (tertiary/aromatic N) is 2. The molecule has 0 unspecified atom stereocenters. The first-order valence-electron chi connectivity index (χ1n) is 5.06. The Labute approximate surface area is 99.7 Å². The van der Waals surface area contributed by atoms with E-state index in [1.807, 2.05) is 31.3 Å². The lowest BCUT2D eigenvalue weighted by molar-refractivity contribution is 0.287. The second-order valence-electron chi connectivity index (χ2n) is 3.70. The molecule has 0 amide bonds. The maximum absolute atomic E-state index is 5.99. The third kappa shape index (κ3) is 2.84. The van der Waals surface area contributed by atoms with E-state index in [0.717, 1.165) is 24.4 Å². The highest BCUT2D eigenvalue weighted by Crippen LogP contribution is 2.14. The van der Waals surface area contributed by atoms with Gasteiger partial charge in [-0.1, -0.05) is 17.7 Å². The quantitative estimate of drug-likeness (QED) is 0.765. The van der Waals surface area contributed by atoms with Crippen LogP contribution >= 0.6 is 11.6 Å². The van der Waals surface area contributed by atoms with E-state index in [9.17, 15) is 0 Å². The van der Waals surface area contributed by atoms with E-state index in [1.165, 1.54) is 0 Å². The molecule has 0 N–H and O–H groups in total. The van der Waals surface area contributed by atoms with Crippen molar-refractivity contribution >= 4 is 11.6 Å². The van der Waals surface area contributed by atoms with Crippen molar-refractivity contribution in [3.05, 3.63) is 53.2 Å². The topological polar surface area (TPSA) is 29.3 Å². The van der Waals surface area contributed by atoms with Crippen molar-refractivity contribution in [3.63, 3.8) is 0 Å². The van der Waals surface area contributed by atoms with E-state index in [0.29, 0.717) is 5.15 Å². The van der Waals surface area contributed by atoms with Crippen molar-refractivity contribution in [2.24, 2.45) is 0 Å². The van der Waals surface area contributed by atoms with Crippen LogP contribution in [0.3, 0.4) is 0 Å². The fraction of sp³-hybridized carbons (Fsp3) is 0.250. The van der Waals surface area contributed by atoms with Gasteiger partial charge in [-0.25, -0.2) is 4.98 Å². The average molecular weight is 237 g/mol. The molecule has 0 atom stereocenters. The normalized spacial score (nSPS) is 10.9. The minimum absolute atomic E-state index is 0.564. The molecule has 0 aromatic carbocycles. The minimum Gasteiger partial charge on any atom is -0.468 e. The molecular formula is C12H13ClN2O. The molecule has 0 aliphatic heterocycles. The van der Waals surface area contributed by atoms with Gasteiger partial charge in [0.15, 0.2) is 0 Å². The van der Waals surface area contributed by atoms with Crippen molar-refractivity contribution < 1.29 is 4.42 Å². The standard InChI is InChI=1S/C12H13ClN2O/c1-15(9-11-5-3-7-16-11)8-10-4-2-6-14-12(10)13/h2-7H,8-9H2,1H3. The SMILES string of the molecule is CN(Cc1ccco1)Cc1cccnc1Cl. The van der Waals surface area contributed by atoms with Crippen LogP contribution in [0.25, 0.3) is 0 Å². The number of pyridine rings is 1. The molecular weight excluding hydrogens is 224 g/mol. The van der Waals surface area contributed by atoms with Gasteiger partial charge >= 0.3 is 0 Å². The lowest BCUT2D eigenvalue weighted by Crippen LogP contribution is -2.17. The highest BCUT2D eigenvalue weighted by atomic mass is 35.5. The van der Waals surface area contributed by atoms with E-state index in [2.05, 4.69) is 9.88 Å². The molecule has 0 saturated heterocycles. The summed E-state index contributed by atoms with van der Waals surface area (Å²) in [6, 6.07) is 7.72. The number of halogens is 1. The van der Waals surface area contributed by atoms with Crippen molar-refractivity contribution in [2.45, 2.75) is 13.1 Å². The molecule has 2 heterocycles. The van der Waals surface area contributed by atoms with Crippen LogP contribution in [0, 0.1) is 0 Å². The van der Waals surface area contributed by atoms with Crippen molar-refractivity contribution in [2.75, 3.05) is 7.05 Å². The maximum atomic E-state index is 5.99. The lowest BCUT2D eigenvalue weighted by Gasteiger charge is -2.15. The van der Waals surface area contributed by atoms with Crippen LogP contribution in [0.2, 0.25) is 5.15 Å². The molecule has 2 aromatic heterocycles. The zero-order valence-corrected chi connectivity index (χ0v) is 9.81. The average Bonchev–Trinajstić information content (AvgIpc) is 2.74. The Bertz CT molecular complexity index is 442. The molecule has 0 radical (unpaired) electrons. The molecule has 0 aliphatic rings. The van der Waals surface area contributed by atoms with E-state index >= 15 is 0 Å². The zero-order valence-electron chi connectivity index (χ0n) is 9.06. The predicted molar refractivity (Wildman–Crippen MR) is 63.1 cm³/mol.